The molecule has 1 aromatic heterocycles. The van der Waals surface area contributed by atoms with E-state index in [9.17, 15) is 0 Å². The quantitative estimate of drug-likeness (QED) is 0.561. The fourth-order valence-corrected chi connectivity index (χ4v) is 3.31. The molecule has 1 saturated heterocycles. The van der Waals surface area contributed by atoms with Crippen molar-refractivity contribution in [1.82, 2.24) is 30.2 Å². The Hall–Kier alpha value is -2.38. The summed E-state index contributed by atoms with van der Waals surface area (Å²) in [5.74, 6) is 0.832. The van der Waals surface area contributed by atoms with Crippen LogP contribution in [0.25, 0.3) is 0 Å². The summed E-state index contributed by atoms with van der Waals surface area (Å²) >= 11 is 0. The number of piperazine rings is 1. The summed E-state index contributed by atoms with van der Waals surface area (Å²) in [5, 5.41) is 10.9. The number of nitrogens with one attached hydrogen (secondary N) is 2. The van der Waals surface area contributed by atoms with E-state index in [-0.39, 0.29) is 0 Å². The van der Waals surface area contributed by atoms with E-state index in [1.54, 1.807) is 7.05 Å². The van der Waals surface area contributed by atoms with Crippen molar-refractivity contribution in [2.75, 3.05) is 46.3 Å². The minimum absolute atomic E-state index is 0.717. The maximum Gasteiger partial charge on any atom is 0.191 e. The Morgan fingerprint density at radius 3 is 2.44 bits per heavy atom. The second-order valence-electron chi connectivity index (χ2n) is 6.90. The smallest absolute Gasteiger partial charge is 0.191 e. The molecule has 0 unspecified atom stereocenters. The van der Waals surface area contributed by atoms with E-state index in [0.29, 0.717) is 6.54 Å². The van der Waals surface area contributed by atoms with Gasteiger partial charge in [-0.05, 0) is 11.6 Å². The van der Waals surface area contributed by atoms with Crippen LogP contribution in [0.15, 0.2) is 47.6 Å². The van der Waals surface area contributed by atoms with Gasteiger partial charge in [0.15, 0.2) is 5.96 Å². The summed E-state index contributed by atoms with van der Waals surface area (Å²) in [7, 11) is 3.76. The normalized spacial score (nSPS) is 16.4. The number of aliphatic imine (C=N–C) groups is 1. The number of hydrogen-bond acceptors (Lipinski definition) is 4. The van der Waals surface area contributed by atoms with Crippen molar-refractivity contribution in [3.05, 3.63) is 53.9 Å². The molecule has 0 saturated carbocycles. The summed E-state index contributed by atoms with van der Waals surface area (Å²) in [6.45, 7) is 8.19. The molecule has 0 amide bonds. The van der Waals surface area contributed by atoms with Crippen molar-refractivity contribution in [3.63, 3.8) is 0 Å². The molecule has 27 heavy (non-hydrogen) atoms. The van der Waals surface area contributed by atoms with Crippen molar-refractivity contribution in [2.45, 2.75) is 13.1 Å². The van der Waals surface area contributed by atoms with Crippen molar-refractivity contribution >= 4 is 5.96 Å². The molecule has 7 heteroatoms. The van der Waals surface area contributed by atoms with E-state index in [2.05, 4.69) is 60.9 Å². The molecule has 0 spiro atoms. The monoisotopic (exact) mass is 369 g/mol. The lowest BCUT2D eigenvalue weighted by Gasteiger charge is -2.34. The molecular weight excluding hydrogens is 338 g/mol. The van der Waals surface area contributed by atoms with Crippen LogP contribution < -0.4 is 10.6 Å². The lowest BCUT2D eigenvalue weighted by atomic mass is 10.2. The molecule has 0 aliphatic carbocycles. The number of nitrogens with zero attached hydrogens (tertiary/aromatic N) is 5. The van der Waals surface area contributed by atoms with Crippen LogP contribution in [0.2, 0.25) is 0 Å². The fraction of sp³-hybridized carbons (Fsp3) is 0.500. The predicted molar refractivity (Wildman–Crippen MR) is 110 cm³/mol. The Morgan fingerprint density at radius 1 is 1.04 bits per heavy atom. The van der Waals surface area contributed by atoms with Gasteiger partial charge >= 0.3 is 0 Å². The van der Waals surface area contributed by atoms with Crippen molar-refractivity contribution < 1.29 is 0 Å². The summed E-state index contributed by atoms with van der Waals surface area (Å²) in [5.41, 5.74) is 2.53. The number of guanidine groups is 1. The third kappa shape index (κ3) is 6.08. The van der Waals surface area contributed by atoms with Gasteiger partial charge < -0.3 is 10.6 Å². The number of aromatic nitrogens is 2. The van der Waals surface area contributed by atoms with Crippen molar-refractivity contribution in [3.8, 4) is 0 Å². The van der Waals surface area contributed by atoms with Gasteiger partial charge in [-0.15, -0.1) is 0 Å². The number of benzene rings is 1. The second-order valence-corrected chi connectivity index (χ2v) is 6.90. The lowest BCUT2D eigenvalue weighted by Crippen LogP contribution is -2.48. The Bertz CT molecular complexity index is 702. The minimum Gasteiger partial charge on any atom is -0.355 e. The molecule has 0 atom stereocenters. The third-order valence-corrected chi connectivity index (χ3v) is 5.02. The Labute approximate surface area is 162 Å². The molecule has 3 rings (SSSR count). The molecule has 1 aromatic carbocycles. The largest absolute Gasteiger partial charge is 0.355 e. The van der Waals surface area contributed by atoms with Crippen LogP contribution in [0.5, 0.6) is 0 Å². The van der Waals surface area contributed by atoms with Crippen LogP contribution in [0.3, 0.4) is 0 Å². The van der Waals surface area contributed by atoms with Gasteiger partial charge in [0.2, 0.25) is 0 Å². The van der Waals surface area contributed by atoms with Crippen LogP contribution in [0, 0.1) is 0 Å². The molecule has 0 radical (unpaired) electrons. The van der Waals surface area contributed by atoms with Crippen molar-refractivity contribution in [1.29, 1.82) is 0 Å². The van der Waals surface area contributed by atoms with E-state index in [1.165, 1.54) is 5.56 Å². The summed E-state index contributed by atoms with van der Waals surface area (Å²) in [6.07, 6.45) is 1.81. The van der Waals surface area contributed by atoms with Gasteiger partial charge in [0.05, 0.1) is 12.2 Å². The number of rotatable bonds is 7. The Balaban J connectivity index is 1.32. The van der Waals surface area contributed by atoms with E-state index in [1.807, 2.05) is 24.0 Å². The van der Waals surface area contributed by atoms with Gasteiger partial charge in [-0.1, -0.05) is 30.3 Å². The molecule has 1 aliphatic heterocycles. The molecule has 2 heterocycles. The maximum absolute atomic E-state index is 4.30. The average Bonchev–Trinajstić information content (AvgIpc) is 3.11. The third-order valence-electron chi connectivity index (χ3n) is 5.02. The zero-order chi connectivity index (χ0) is 18.9. The molecular formula is C20H31N7. The first-order chi connectivity index (χ1) is 13.2. The average molecular weight is 370 g/mol. The van der Waals surface area contributed by atoms with Gasteiger partial charge in [0.1, 0.15) is 0 Å². The van der Waals surface area contributed by atoms with Gasteiger partial charge in [-0.2, -0.15) is 5.10 Å². The second kappa shape index (κ2) is 10.1. The van der Waals surface area contributed by atoms with Crippen LogP contribution in [-0.2, 0) is 20.1 Å². The zero-order valence-corrected chi connectivity index (χ0v) is 16.4. The van der Waals surface area contributed by atoms with Crippen LogP contribution >= 0.6 is 0 Å². The SMILES string of the molecule is CN=C(NCCN1CCN(Cc2ccccc2)CC1)NCc1ccnn1C. The highest BCUT2D eigenvalue weighted by Crippen LogP contribution is 2.07. The molecule has 2 aromatic rings. The highest BCUT2D eigenvalue weighted by Gasteiger charge is 2.16. The summed E-state index contributed by atoms with van der Waals surface area (Å²) in [6, 6.07) is 12.7. The van der Waals surface area contributed by atoms with Crippen LogP contribution in [-0.4, -0.2) is 71.9 Å². The summed E-state index contributed by atoms with van der Waals surface area (Å²) < 4.78 is 1.87. The first-order valence-corrected chi connectivity index (χ1v) is 9.64. The molecule has 1 aliphatic rings. The standard InChI is InChI=1S/C20H31N7/c1-21-20(23-16-19-8-9-24-25(19)2)22-10-11-26-12-14-27(15-13-26)17-18-6-4-3-5-7-18/h3-9H,10-17H2,1-2H3,(H2,21,22,23). The van der Waals surface area contributed by atoms with Gasteiger partial charge in [0.25, 0.3) is 0 Å². The van der Waals surface area contributed by atoms with E-state index in [0.717, 1.165) is 57.5 Å². The highest BCUT2D eigenvalue weighted by molar-refractivity contribution is 5.79. The Kier molecular flexibility index (Phi) is 7.24. The zero-order valence-electron chi connectivity index (χ0n) is 16.4. The van der Waals surface area contributed by atoms with E-state index < -0.39 is 0 Å². The van der Waals surface area contributed by atoms with Crippen LogP contribution in [0.4, 0.5) is 0 Å². The number of hydrogen-bond donors (Lipinski definition) is 2. The van der Waals surface area contributed by atoms with E-state index >= 15 is 0 Å². The number of aryl methyl sites for hydroxylation is 1. The molecule has 1 fully saturated rings. The molecule has 146 valence electrons. The lowest BCUT2D eigenvalue weighted by molar-refractivity contribution is 0.129. The predicted octanol–water partition coefficient (Wildman–Crippen LogP) is 0.903. The van der Waals surface area contributed by atoms with Gasteiger partial charge in [-0.25, -0.2) is 0 Å². The first kappa shape index (κ1) is 19.4. The molecule has 7 nitrogen and oxygen atoms in total. The van der Waals surface area contributed by atoms with Crippen molar-refractivity contribution in [2.24, 2.45) is 12.0 Å². The van der Waals surface area contributed by atoms with E-state index in [4.69, 9.17) is 0 Å². The maximum atomic E-state index is 4.30. The first-order valence-electron chi connectivity index (χ1n) is 9.64. The molecule has 2 N–H and O–H groups in total. The van der Waals surface area contributed by atoms with Gasteiger partial charge in [0, 0.05) is 66.1 Å². The highest BCUT2D eigenvalue weighted by atomic mass is 15.3. The van der Waals surface area contributed by atoms with Gasteiger partial charge in [-0.3, -0.25) is 19.5 Å². The molecule has 0 bridgehead atoms. The summed E-state index contributed by atoms with van der Waals surface area (Å²) in [4.78, 5) is 9.35. The van der Waals surface area contributed by atoms with Crippen LogP contribution in [0.1, 0.15) is 11.3 Å². The Morgan fingerprint density at radius 2 is 1.78 bits per heavy atom. The minimum atomic E-state index is 0.717. The fourth-order valence-electron chi connectivity index (χ4n) is 3.31. The topological polar surface area (TPSA) is 60.7 Å².